The zero-order valence-electron chi connectivity index (χ0n) is 8.84. The van der Waals surface area contributed by atoms with Crippen LogP contribution in [0.3, 0.4) is 0 Å². The van der Waals surface area contributed by atoms with Gasteiger partial charge in [0.2, 0.25) is 0 Å². The van der Waals surface area contributed by atoms with E-state index in [1.807, 2.05) is 0 Å². The van der Waals surface area contributed by atoms with Gasteiger partial charge < -0.3 is 4.90 Å². The number of unbranched alkanes of at least 4 members (excludes halogenated alkanes) is 1. The summed E-state index contributed by atoms with van der Waals surface area (Å²) in [5.41, 5.74) is 2.86. The molecular formula is C11H20IN. The molecule has 76 valence electrons. The molecule has 0 saturated carbocycles. The summed E-state index contributed by atoms with van der Waals surface area (Å²) in [5.74, 6) is 0. The van der Waals surface area contributed by atoms with Crippen molar-refractivity contribution in [1.29, 1.82) is 0 Å². The quantitative estimate of drug-likeness (QED) is 0.719. The van der Waals surface area contributed by atoms with Crippen LogP contribution in [0.1, 0.15) is 33.6 Å². The molecule has 0 aromatic rings. The summed E-state index contributed by atoms with van der Waals surface area (Å²) in [6, 6.07) is 0. The standard InChI is InChI=1S/C11H19N.HI/c1-4-5-6-12-8-10(2)7-11(3)9-12;/h7-8H,4-6,9H2,1-3H3;1H. The molecule has 0 saturated heterocycles. The molecule has 0 fully saturated rings. The molecule has 0 radical (unpaired) electrons. The monoisotopic (exact) mass is 293 g/mol. The van der Waals surface area contributed by atoms with E-state index in [0.29, 0.717) is 0 Å². The third kappa shape index (κ3) is 4.69. The van der Waals surface area contributed by atoms with Crippen LogP contribution in [-0.4, -0.2) is 18.0 Å². The van der Waals surface area contributed by atoms with Crippen LogP contribution in [-0.2, 0) is 0 Å². The number of rotatable bonds is 3. The highest BCUT2D eigenvalue weighted by atomic mass is 127. The molecule has 0 aliphatic carbocycles. The maximum atomic E-state index is 2.41. The fourth-order valence-electron chi connectivity index (χ4n) is 1.63. The van der Waals surface area contributed by atoms with Gasteiger partial charge in [-0.1, -0.05) is 25.0 Å². The normalized spacial score (nSPS) is 16.1. The molecule has 0 amide bonds. The molecule has 0 unspecified atom stereocenters. The van der Waals surface area contributed by atoms with E-state index in [-0.39, 0.29) is 24.0 Å². The Morgan fingerprint density at radius 1 is 1.38 bits per heavy atom. The van der Waals surface area contributed by atoms with Gasteiger partial charge in [0.25, 0.3) is 0 Å². The second-order valence-electron chi connectivity index (χ2n) is 3.69. The first-order chi connectivity index (χ1) is 5.72. The highest BCUT2D eigenvalue weighted by molar-refractivity contribution is 14.0. The van der Waals surface area contributed by atoms with E-state index in [0.717, 1.165) is 6.54 Å². The van der Waals surface area contributed by atoms with Crippen molar-refractivity contribution in [3.8, 4) is 0 Å². The Hall–Kier alpha value is 0.01000. The van der Waals surface area contributed by atoms with Crippen molar-refractivity contribution in [3.63, 3.8) is 0 Å². The van der Waals surface area contributed by atoms with Gasteiger partial charge >= 0.3 is 0 Å². The maximum Gasteiger partial charge on any atom is 0.0384 e. The van der Waals surface area contributed by atoms with Crippen molar-refractivity contribution >= 4 is 24.0 Å². The van der Waals surface area contributed by atoms with Crippen LogP contribution in [0.15, 0.2) is 23.4 Å². The van der Waals surface area contributed by atoms with E-state index in [9.17, 15) is 0 Å². The third-order valence-corrected chi connectivity index (χ3v) is 2.11. The summed E-state index contributed by atoms with van der Waals surface area (Å²) in [6.07, 6.45) is 7.12. The lowest BCUT2D eigenvalue weighted by Gasteiger charge is -2.24. The SMILES string of the molecule is CCCCN1C=C(C)C=C(C)C1.I. The molecular weight excluding hydrogens is 273 g/mol. The number of hydrogen-bond acceptors (Lipinski definition) is 1. The maximum absolute atomic E-state index is 2.41. The first-order valence-electron chi connectivity index (χ1n) is 4.82. The Kier molecular flexibility index (Phi) is 6.47. The van der Waals surface area contributed by atoms with Gasteiger partial charge in [-0.15, -0.1) is 24.0 Å². The van der Waals surface area contributed by atoms with Gasteiger partial charge in [-0.3, -0.25) is 0 Å². The molecule has 0 aromatic carbocycles. The zero-order chi connectivity index (χ0) is 8.97. The molecule has 1 heterocycles. The van der Waals surface area contributed by atoms with Gasteiger partial charge in [-0.2, -0.15) is 0 Å². The average Bonchev–Trinajstić information content (AvgIpc) is 1.99. The van der Waals surface area contributed by atoms with Crippen molar-refractivity contribution in [2.45, 2.75) is 33.6 Å². The van der Waals surface area contributed by atoms with E-state index < -0.39 is 0 Å². The third-order valence-electron chi connectivity index (χ3n) is 2.11. The molecule has 0 bridgehead atoms. The lowest BCUT2D eigenvalue weighted by molar-refractivity contribution is 0.389. The van der Waals surface area contributed by atoms with Crippen molar-refractivity contribution in [2.75, 3.05) is 13.1 Å². The summed E-state index contributed by atoms with van der Waals surface area (Å²) < 4.78 is 0. The predicted octanol–water partition coefficient (Wildman–Crippen LogP) is 3.57. The predicted molar refractivity (Wildman–Crippen MR) is 69.4 cm³/mol. The summed E-state index contributed by atoms with van der Waals surface area (Å²) >= 11 is 0. The molecule has 1 aliphatic rings. The summed E-state index contributed by atoms with van der Waals surface area (Å²) in [4.78, 5) is 2.41. The molecule has 2 heteroatoms. The van der Waals surface area contributed by atoms with Crippen LogP contribution < -0.4 is 0 Å². The van der Waals surface area contributed by atoms with E-state index in [4.69, 9.17) is 0 Å². The minimum Gasteiger partial charge on any atom is -0.373 e. The Morgan fingerprint density at radius 3 is 2.62 bits per heavy atom. The Labute approximate surface area is 98.9 Å². The second kappa shape index (κ2) is 6.46. The molecule has 0 aromatic heterocycles. The largest absolute Gasteiger partial charge is 0.373 e. The zero-order valence-corrected chi connectivity index (χ0v) is 11.2. The van der Waals surface area contributed by atoms with Gasteiger partial charge in [0.15, 0.2) is 0 Å². The molecule has 0 spiro atoms. The molecule has 13 heavy (non-hydrogen) atoms. The molecule has 1 aliphatic heterocycles. The van der Waals surface area contributed by atoms with Crippen LogP contribution in [0.5, 0.6) is 0 Å². The summed E-state index contributed by atoms with van der Waals surface area (Å²) in [7, 11) is 0. The average molecular weight is 293 g/mol. The highest BCUT2D eigenvalue weighted by Crippen LogP contribution is 2.12. The van der Waals surface area contributed by atoms with Crippen molar-refractivity contribution in [2.24, 2.45) is 0 Å². The fraction of sp³-hybridized carbons (Fsp3) is 0.636. The Morgan fingerprint density at radius 2 is 2.08 bits per heavy atom. The van der Waals surface area contributed by atoms with E-state index in [2.05, 4.69) is 37.9 Å². The number of allylic oxidation sites excluding steroid dienone is 2. The van der Waals surface area contributed by atoms with Crippen molar-refractivity contribution < 1.29 is 0 Å². The van der Waals surface area contributed by atoms with Crippen LogP contribution in [0.4, 0.5) is 0 Å². The smallest absolute Gasteiger partial charge is 0.0384 e. The topological polar surface area (TPSA) is 3.24 Å². The number of halogens is 1. The first-order valence-corrected chi connectivity index (χ1v) is 4.82. The molecule has 0 N–H and O–H groups in total. The van der Waals surface area contributed by atoms with E-state index >= 15 is 0 Å². The Balaban J connectivity index is 0.00000144. The lowest BCUT2D eigenvalue weighted by atomic mass is 10.1. The van der Waals surface area contributed by atoms with Gasteiger partial charge in [-0.05, 0) is 25.8 Å². The lowest BCUT2D eigenvalue weighted by Crippen LogP contribution is -2.23. The van der Waals surface area contributed by atoms with Crippen LogP contribution in [0.25, 0.3) is 0 Å². The van der Waals surface area contributed by atoms with Crippen molar-refractivity contribution in [1.82, 2.24) is 4.90 Å². The van der Waals surface area contributed by atoms with Gasteiger partial charge in [0.1, 0.15) is 0 Å². The summed E-state index contributed by atoms with van der Waals surface area (Å²) in [6.45, 7) is 8.94. The van der Waals surface area contributed by atoms with Gasteiger partial charge in [-0.25, -0.2) is 0 Å². The molecule has 1 rings (SSSR count). The van der Waals surface area contributed by atoms with E-state index in [1.165, 1.54) is 30.5 Å². The van der Waals surface area contributed by atoms with E-state index in [1.54, 1.807) is 0 Å². The molecule has 0 atom stereocenters. The van der Waals surface area contributed by atoms with Crippen molar-refractivity contribution in [3.05, 3.63) is 23.4 Å². The first kappa shape index (κ1) is 13.0. The van der Waals surface area contributed by atoms with Gasteiger partial charge in [0, 0.05) is 19.3 Å². The van der Waals surface area contributed by atoms with Crippen LogP contribution in [0.2, 0.25) is 0 Å². The second-order valence-corrected chi connectivity index (χ2v) is 3.69. The summed E-state index contributed by atoms with van der Waals surface area (Å²) in [5, 5.41) is 0. The molecule has 1 nitrogen and oxygen atoms in total. The highest BCUT2D eigenvalue weighted by Gasteiger charge is 2.05. The Bertz CT molecular complexity index is 206. The van der Waals surface area contributed by atoms with Crippen LogP contribution >= 0.6 is 24.0 Å². The minimum absolute atomic E-state index is 0. The number of nitrogens with zero attached hydrogens (tertiary/aromatic N) is 1. The van der Waals surface area contributed by atoms with Gasteiger partial charge in [0.05, 0.1) is 0 Å². The fourth-order valence-corrected chi connectivity index (χ4v) is 1.63. The number of hydrogen-bond donors (Lipinski definition) is 0. The minimum atomic E-state index is 0. The van der Waals surface area contributed by atoms with Crippen LogP contribution in [0, 0.1) is 0 Å².